The Labute approximate surface area is 174 Å². The molecule has 1 atom stereocenters. The summed E-state index contributed by atoms with van der Waals surface area (Å²) >= 11 is 0. The first-order valence-corrected chi connectivity index (χ1v) is 9.64. The van der Waals surface area contributed by atoms with Crippen LogP contribution >= 0.6 is 9.24 Å². The topological polar surface area (TPSA) is 79.9 Å². The van der Waals surface area contributed by atoms with E-state index < -0.39 is 11.7 Å². The van der Waals surface area contributed by atoms with Crippen molar-refractivity contribution in [2.24, 2.45) is 0 Å². The van der Waals surface area contributed by atoms with Crippen molar-refractivity contribution in [1.29, 1.82) is 0 Å². The van der Waals surface area contributed by atoms with Gasteiger partial charge >= 0.3 is 0 Å². The lowest BCUT2D eigenvalue weighted by molar-refractivity contribution is 0.102. The van der Waals surface area contributed by atoms with Gasteiger partial charge in [-0.2, -0.15) is 5.10 Å². The second-order valence-electron chi connectivity index (χ2n) is 6.50. The Balaban J connectivity index is 1.64. The maximum Gasteiger partial charge on any atom is 0.261 e. The van der Waals surface area contributed by atoms with E-state index in [4.69, 9.17) is 4.74 Å². The molecule has 0 fully saturated rings. The average Bonchev–Trinajstić information content (AvgIpc) is 3.15. The van der Waals surface area contributed by atoms with E-state index in [0.29, 0.717) is 16.6 Å². The number of halogens is 1. The minimum Gasteiger partial charge on any atom is -0.480 e. The third-order valence-electron chi connectivity index (χ3n) is 4.51. The van der Waals surface area contributed by atoms with E-state index in [1.807, 2.05) is 36.4 Å². The normalized spacial score (nSPS) is 11.2. The zero-order chi connectivity index (χ0) is 21.1. The molecule has 30 heavy (non-hydrogen) atoms. The fraction of sp³-hybridized carbons (Fsp3) is 0.0455. The Bertz CT molecular complexity index is 1250. The van der Waals surface area contributed by atoms with Crippen LogP contribution in [0.1, 0.15) is 21.6 Å². The number of fused-ring (bicyclic) bond motifs is 1. The number of benzene rings is 2. The molecule has 4 rings (SSSR count). The number of aromatic amines is 1. The van der Waals surface area contributed by atoms with Crippen LogP contribution in [-0.4, -0.2) is 28.2 Å². The third-order valence-corrected chi connectivity index (χ3v) is 4.89. The molecular weight excluding hydrogens is 402 g/mol. The van der Waals surface area contributed by atoms with Crippen LogP contribution in [0.25, 0.3) is 23.1 Å². The highest BCUT2D eigenvalue weighted by Gasteiger charge is 2.16. The predicted molar refractivity (Wildman–Crippen MR) is 120 cm³/mol. The Morgan fingerprint density at radius 2 is 2.00 bits per heavy atom. The summed E-state index contributed by atoms with van der Waals surface area (Å²) in [5.41, 5.74) is 2.43. The molecule has 6 nitrogen and oxygen atoms in total. The molecule has 0 saturated heterocycles. The van der Waals surface area contributed by atoms with Crippen LogP contribution in [0.5, 0.6) is 5.88 Å². The van der Waals surface area contributed by atoms with Crippen LogP contribution in [0.2, 0.25) is 0 Å². The van der Waals surface area contributed by atoms with E-state index in [2.05, 4.69) is 29.7 Å². The van der Waals surface area contributed by atoms with Crippen molar-refractivity contribution in [2.45, 2.75) is 0 Å². The summed E-state index contributed by atoms with van der Waals surface area (Å²) < 4.78 is 19.6. The van der Waals surface area contributed by atoms with Crippen LogP contribution in [-0.2, 0) is 0 Å². The molecule has 150 valence electrons. The Morgan fingerprint density at radius 1 is 1.20 bits per heavy atom. The number of H-pyrrole nitrogens is 1. The van der Waals surface area contributed by atoms with Gasteiger partial charge in [-0.15, -0.1) is 9.24 Å². The lowest BCUT2D eigenvalue weighted by Gasteiger charge is -2.09. The summed E-state index contributed by atoms with van der Waals surface area (Å²) in [5.74, 6) is -0.926. The zero-order valence-electron chi connectivity index (χ0n) is 16.0. The lowest BCUT2D eigenvalue weighted by atomic mass is 10.1. The Hall–Kier alpha value is -3.57. The maximum atomic E-state index is 14.5. The fourth-order valence-corrected chi connectivity index (χ4v) is 3.17. The van der Waals surface area contributed by atoms with Gasteiger partial charge in [0.1, 0.15) is 11.4 Å². The van der Waals surface area contributed by atoms with Crippen molar-refractivity contribution in [3.63, 3.8) is 0 Å². The molecule has 0 aliphatic heterocycles. The van der Waals surface area contributed by atoms with Crippen molar-refractivity contribution in [1.82, 2.24) is 15.2 Å². The van der Waals surface area contributed by atoms with Gasteiger partial charge in [0.25, 0.3) is 5.91 Å². The third kappa shape index (κ3) is 4.07. The molecule has 0 aliphatic rings. The van der Waals surface area contributed by atoms with Gasteiger partial charge in [-0.3, -0.25) is 9.89 Å². The van der Waals surface area contributed by atoms with E-state index in [-0.39, 0.29) is 17.1 Å². The first kappa shape index (κ1) is 19.7. The monoisotopic (exact) mass is 420 g/mol. The molecule has 2 aromatic heterocycles. The number of carbonyl (C=O) groups excluding carboxylic acids is 1. The number of aromatic nitrogens is 3. The molecule has 2 N–H and O–H groups in total. The van der Waals surface area contributed by atoms with E-state index in [1.54, 1.807) is 18.2 Å². The van der Waals surface area contributed by atoms with Gasteiger partial charge in [0.2, 0.25) is 5.88 Å². The number of methoxy groups -OCH3 is 1. The van der Waals surface area contributed by atoms with Crippen molar-refractivity contribution in [3.05, 3.63) is 77.4 Å². The van der Waals surface area contributed by atoms with Gasteiger partial charge < -0.3 is 10.1 Å². The highest BCUT2D eigenvalue weighted by molar-refractivity contribution is 7.27. The summed E-state index contributed by atoms with van der Waals surface area (Å²) in [5, 5.41) is 11.4. The van der Waals surface area contributed by atoms with Crippen molar-refractivity contribution < 1.29 is 13.9 Å². The predicted octanol–water partition coefficient (Wildman–Crippen LogP) is 4.03. The smallest absolute Gasteiger partial charge is 0.261 e. The van der Waals surface area contributed by atoms with Crippen LogP contribution in [0.3, 0.4) is 0 Å². The van der Waals surface area contributed by atoms with E-state index in [1.165, 1.54) is 19.4 Å². The van der Waals surface area contributed by atoms with Crippen LogP contribution in [0.15, 0.2) is 54.7 Å². The van der Waals surface area contributed by atoms with E-state index >= 15 is 0 Å². The Morgan fingerprint density at radius 3 is 2.77 bits per heavy atom. The minimum atomic E-state index is -0.575. The molecule has 0 saturated carbocycles. The minimum absolute atomic E-state index is 0.0433. The number of hydrogen-bond donors (Lipinski definition) is 2. The van der Waals surface area contributed by atoms with Crippen molar-refractivity contribution in [3.8, 4) is 5.88 Å². The summed E-state index contributed by atoms with van der Waals surface area (Å²) in [6.07, 6.45) is 5.27. The van der Waals surface area contributed by atoms with Crippen LogP contribution in [0, 0.1) is 5.82 Å². The average molecular weight is 420 g/mol. The second-order valence-corrected chi connectivity index (χ2v) is 7.17. The molecule has 2 heterocycles. The number of hydrogen-bond acceptors (Lipinski definition) is 4. The molecule has 1 amide bonds. The highest BCUT2D eigenvalue weighted by atomic mass is 31.0. The number of nitrogens with one attached hydrogen (secondary N) is 2. The number of pyridine rings is 1. The molecule has 4 aromatic rings. The number of rotatable bonds is 5. The number of anilines is 1. The number of nitrogens with zero attached hydrogens (tertiary/aromatic N) is 2. The standard InChI is InChI=1S/C22H18FN4O2P/c1-29-22-15(3-2-10-24-22)21(28)25-20-11-16-18(26-27-19(16)12-17(20)23)9-6-13-4-7-14(30)8-5-13/h2-12H,30H2,1H3,(H,25,28)(H,26,27)/b9-6+. The molecule has 0 aliphatic carbocycles. The number of ether oxygens (including phenoxy) is 1. The summed E-state index contributed by atoms with van der Waals surface area (Å²) in [4.78, 5) is 16.6. The largest absolute Gasteiger partial charge is 0.480 e. The lowest BCUT2D eigenvalue weighted by Crippen LogP contribution is -2.14. The number of carbonyl (C=O) groups is 1. The maximum absolute atomic E-state index is 14.5. The summed E-state index contributed by atoms with van der Waals surface area (Å²) in [6.45, 7) is 0. The SMILES string of the molecule is COc1ncccc1C(=O)Nc1cc2c(/C=C/c3ccc(P)cc3)n[nH]c2cc1F. The molecule has 1 unspecified atom stereocenters. The molecule has 0 radical (unpaired) electrons. The highest BCUT2D eigenvalue weighted by Crippen LogP contribution is 2.26. The zero-order valence-corrected chi connectivity index (χ0v) is 17.2. The van der Waals surface area contributed by atoms with E-state index in [0.717, 1.165) is 10.9 Å². The quantitative estimate of drug-likeness (QED) is 0.478. The van der Waals surface area contributed by atoms with Crippen LogP contribution in [0.4, 0.5) is 10.1 Å². The molecule has 0 spiro atoms. The fourth-order valence-electron chi connectivity index (χ4n) is 2.98. The molecular formula is C22H18FN4O2P. The molecule has 0 bridgehead atoms. The van der Waals surface area contributed by atoms with Crippen molar-refractivity contribution in [2.75, 3.05) is 12.4 Å². The van der Waals surface area contributed by atoms with Crippen LogP contribution < -0.4 is 15.4 Å². The van der Waals surface area contributed by atoms with Crippen molar-refractivity contribution >= 4 is 49.2 Å². The van der Waals surface area contributed by atoms with Gasteiger partial charge in [0, 0.05) is 17.6 Å². The van der Waals surface area contributed by atoms with Gasteiger partial charge in [-0.05, 0) is 35.1 Å². The second kappa shape index (κ2) is 8.43. The van der Waals surface area contributed by atoms with Gasteiger partial charge in [0.15, 0.2) is 0 Å². The first-order chi connectivity index (χ1) is 14.5. The summed E-state index contributed by atoms with van der Waals surface area (Å²) in [7, 11) is 4.06. The number of amides is 1. The first-order valence-electron chi connectivity index (χ1n) is 9.07. The van der Waals surface area contributed by atoms with Gasteiger partial charge in [0.05, 0.1) is 24.0 Å². The van der Waals surface area contributed by atoms with Gasteiger partial charge in [-0.1, -0.05) is 30.3 Å². The summed E-state index contributed by atoms with van der Waals surface area (Å²) in [6, 6.07) is 14.0. The van der Waals surface area contributed by atoms with E-state index in [9.17, 15) is 9.18 Å². The molecule has 8 heteroatoms. The van der Waals surface area contributed by atoms with Gasteiger partial charge in [-0.25, -0.2) is 9.37 Å². The molecule has 2 aromatic carbocycles. The Kier molecular flexibility index (Phi) is 5.55.